The van der Waals surface area contributed by atoms with E-state index >= 15 is 0 Å². The van der Waals surface area contributed by atoms with Gasteiger partial charge in [-0.15, -0.1) is 0 Å². The fourth-order valence-corrected chi connectivity index (χ4v) is 5.73. The average Bonchev–Trinajstić information content (AvgIpc) is 2.67. The second-order valence-corrected chi connectivity index (χ2v) is 16.8. The maximum absolute atomic E-state index is 8.48. The van der Waals surface area contributed by atoms with E-state index in [0.717, 1.165) is 9.96 Å². The molecule has 2 aromatic rings. The van der Waals surface area contributed by atoms with Gasteiger partial charge in [-0.3, -0.25) is 0 Å². The standard InChI is InChI=1S/C19H25GeN/c1-20(2,3)18-14-21-19(16-11-5-4-6-12-16)13-17(18)15-9-7-8-10-15/h4-6,11-15H,7-10H2,1-3H3/i7D2,8D2,9D2,10D2. The molecular weight excluding hydrogens is 315 g/mol. The Bertz CT molecular complexity index is 896. The number of benzene rings is 1. The van der Waals surface area contributed by atoms with Gasteiger partial charge in [-0.05, 0) is 0 Å². The van der Waals surface area contributed by atoms with Crippen LogP contribution in [0.5, 0.6) is 0 Å². The number of nitrogens with zero attached hydrogens (tertiary/aromatic N) is 1. The minimum absolute atomic E-state index is 0.339. The van der Waals surface area contributed by atoms with Crippen molar-refractivity contribution in [3.63, 3.8) is 0 Å². The van der Waals surface area contributed by atoms with Gasteiger partial charge in [-0.2, -0.15) is 0 Å². The number of hydrogen-bond acceptors (Lipinski definition) is 1. The molecule has 110 valence electrons. The minimum atomic E-state index is -2.99. The van der Waals surface area contributed by atoms with Gasteiger partial charge < -0.3 is 0 Å². The van der Waals surface area contributed by atoms with Crippen molar-refractivity contribution in [2.75, 3.05) is 0 Å². The first-order valence-corrected chi connectivity index (χ1v) is 14.5. The molecule has 0 atom stereocenters. The molecule has 0 saturated heterocycles. The van der Waals surface area contributed by atoms with Crippen LogP contribution in [0.4, 0.5) is 0 Å². The molecule has 1 aliphatic carbocycles. The fourth-order valence-electron chi connectivity index (χ4n) is 2.51. The van der Waals surface area contributed by atoms with Crippen molar-refractivity contribution in [3.05, 3.63) is 48.2 Å². The van der Waals surface area contributed by atoms with Crippen molar-refractivity contribution >= 4 is 17.7 Å². The third-order valence-electron chi connectivity index (χ3n) is 3.62. The summed E-state index contributed by atoms with van der Waals surface area (Å²) in [6.07, 6.45) is -9.80. The van der Waals surface area contributed by atoms with Crippen LogP contribution in [0.1, 0.15) is 47.9 Å². The summed E-state index contributed by atoms with van der Waals surface area (Å²) in [4.78, 5) is 4.53. The van der Waals surface area contributed by atoms with Crippen LogP contribution in [0.3, 0.4) is 0 Å². The van der Waals surface area contributed by atoms with E-state index in [2.05, 4.69) is 22.3 Å². The molecule has 0 unspecified atom stereocenters. The Labute approximate surface area is 142 Å². The SMILES string of the molecule is [2H]C1([2H])C(c2cc(-c3ccccc3)nc[c]2[Ge]([CH3])([CH3])[CH3])C([2H])([2H])C([2H])([2H])C1([2H])[2H]. The quantitative estimate of drug-likeness (QED) is 0.715. The van der Waals surface area contributed by atoms with E-state index in [9.17, 15) is 0 Å². The summed E-state index contributed by atoms with van der Waals surface area (Å²) >= 11 is -2.69. The van der Waals surface area contributed by atoms with Crippen LogP contribution in [0.15, 0.2) is 42.6 Å². The summed E-state index contributed by atoms with van der Waals surface area (Å²) in [7, 11) is 0. The molecule has 1 aromatic carbocycles. The van der Waals surface area contributed by atoms with E-state index in [1.807, 2.05) is 30.3 Å². The molecule has 1 fully saturated rings. The summed E-state index contributed by atoms with van der Waals surface area (Å²) in [5, 5.41) is 0. The predicted octanol–water partition coefficient (Wildman–Crippen LogP) is 4.95. The van der Waals surface area contributed by atoms with Gasteiger partial charge in [-0.1, -0.05) is 0 Å². The molecule has 0 spiro atoms. The van der Waals surface area contributed by atoms with Crippen LogP contribution >= 0.6 is 0 Å². The molecule has 1 heterocycles. The topological polar surface area (TPSA) is 12.9 Å². The van der Waals surface area contributed by atoms with E-state index in [0.29, 0.717) is 11.3 Å². The van der Waals surface area contributed by atoms with Gasteiger partial charge in [0.15, 0.2) is 0 Å². The van der Waals surface area contributed by atoms with Crippen molar-refractivity contribution in [1.29, 1.82) is 0 Å². The summed E-state index contributed by atoms with van der Waals surface area (Å²) < 4.78 is 67.3. The van der Waals surface area contributed by atoms with Crippen LogP contribution in [-0.4, -0.2) is 18.3 Å². The fraction of sp³-hybridized carbons (Fsp3) is 0.421. The van der Waals surface area contributed by atoms with Gasteiger partial charge >= 0.3 is 142 Å². The Kier molecular flexibility index (Phi) is 2.26. The molecule has 1 aliphatic rings. The van der Waals surface area contributed by atoms with Crippen molar-refractivity contribution in [2.45, 2.75) is 48.7 Å². The van der Waals surface area contributed by atoms with Crippen LogP contribution < -0.4 is 4.40 Å². The maximum atomic E-state index is 8.48. The normalized spacial score (nSPS) is 31.6. The number of pyridine rings is 1. The molecule has 0 N–H and O–H groups in total. The van der Waals surface area contributed by atoms with Crippen LogP contribution in [0.2, 0.25) is 17.3 Å². The summed E-state index contributed by atoms with van der Waals surface area (Å²) in [5.74, 6) is 4.63. The molecule has 1 nitrogen and oxygen atoms in total. The Hall–Kier alpha value is -1.09. The Morgan fingerprint density at radius 1 is 1.10 bits per heavy atom. The van der Waals surface area contributed by atoms with Crippen molar-refractivity contribution in [3.8, 4) is 11.3 Å². The first-order valence-electron chi connectivity index (χ1n) is 11.1. The molecule has 2 heteroatoms. The first kappa shape index (κ1) is 7.96. The van der Waals surface area contributed by atoms with Crippen molar-refractivity contribution < 1.29 is 11.0 Å². The zero-order valence-electron chi connectivity index (χ0n) is 20.6. The molecular formula is C19H25GeN. The molecule has 3 rings (SSSR count). The molecule has 0 aliphatic heterocycles. The van der Waals surface area contributed by atoms with Gasteiger partial charge in [-0.25, -0.2) is 0 Å². The molecule has 0 amide bonds. The first-order chi connectivity index (χ1) is 13.1. The number of hydrogen-bond donors (Lipinski definition) is 0. The Morgan fingerprint density at radius 3 is 2.38 bits per heavy atom. The second kappa shape index (κ2) is 5.96. The molecule has 0 radical (unpaired) electrons. The van der Waals surface area contributed by atoms with E-state index in [-0.39, 0.29) is 0 Å². The van der Waals surface area contributed by atoms with E-state index in [4.69, 9.17) is 11.0 Å². The van der Waals surface area contributed by atoms with Crippen molar-refractivity contribution in [2.24, 2.45) is 0 Å². The third kappa shape index (κ3) is 3.23. The molecule has 21 heavy (non-hydrogen) atoms. The van der Waals surface area contributed by atoms with Gasteiger partial charge in [0.2, 0.25) is 0 Å². The molecule has 0 bridgehead atoms. The third-order valence-corrected chi connectivity index (χ3v) is 7.89. The average molecular weight is 348 g/mol. The Balaban J connectivity index is 2.34. The number of rotatable bonds is 3. The summed E-state index contributed by atoms with van der Waals surface area (Å²) in [6.45, 7) is 0. The van der Waals surface area contributed by atoms with E-state index in [1.54, 1.807) is 12.3 Å². The van der Waals surface area contributed by atoms with Crippen LogP contribution in [0, 0.1) is 0 Å². The van der Waals surface area contributed by atoms with E-state index < -0.39 is 44.7 Å². The Morgan fingerprint density at radius 2 is 1.76 bits per heavy atom. The number of aromatic nitrogens is 1. The summed E-state index contributed by atoms with van der Waals surface area (Å²) in [6, 6.07) is 10.9. The van der Waals surface area contributed by atoms with Gasteiger partial charge in [0.25, 0.3) is 0 Å². The zero-order valence-corrected chi connectivity index (χ0v) is 14.7. The predicted molar refractivity (Wildman–Crippen MR) is 93.9 cm³/mol. The summed E-state index contributed by atoms with van der Waals surface area (Å²) in [5.41, 5.74) is 1.66. The second-order valence-electron chi connectivity index (χ2n) is 6.24. The molecule has 1 aromatic heterocycles. The van der Waals surface area contributed by atoms with Gasteiger partial charge in [0.05, 0.1) is 0 Å². The van der Waals surface area contributed by atoms with Gasteiger partial charge in [0.1, 0.15) is 0 Å². The van der Waals surface area contributed by atoms with Crippen molar-refractivity contribution in [1.82, 2.24) is 4.98 Å². The zero-order chi connectivity index (χ0) is 22.0. The van der Waals surface area contributed by atoms with E-state index in [1.165, 1.54) is 0 Å². The van der Waals surface area contributed by atoms with Crippen LogP contribution in [0.25, 0.3) is 11.3 Å². The molecule has 1 saturated carbocycles. The monoisotopic (exact) mass is 349 g/mol. The van der Waals surface area contributed by atoms with Crippen LogP contribution in [-0.2, 0) is 0 Å². The van der Waals surface area contributed by atoms with Gasteiger partial charge in [0, 0.05) is 0 Å².